The van der Waals surface area contributed by atoms with Crippen LogP contribution in [0.1, 0.15) is 44.6 Å². The van der Waals surface area contributed by atoms with Crippen molar-refractivity contribution in [1.82, 2.24) is 14.7 Å². The van der Waals surface area contributed by atoms with E-state index in [-0.39, 0.29) is 17.8 Å². The van der Waals surface area contributed by atoms with Gasteiger partial charge in [-0.15, -0.1) is 13.2 Å². The van der Waals surface area contributed by atoms with E-state index in [0.717, 1.165) is 5.46 Å². The third-order valence-corrected chi connectivity index (χ3v) is 5.87. The lowest BCUT2D eigenvalue weighted by Crippen LogP contribution is -2.41. The molecule has 4 rings (SSSR count). The summed E-state index contributed by atoms with van der Waals surface area (Å²) in [7, 11) is -0.568. The summed E-state index contributed by atoms with van der Waals surface area (Å²) in [6.45, 7) is 7.84. The molecular weight excluding hydrogens is 426 g/mol. The van der Waals surface area contributed by atoms with E-state index in [4.69, 9.17) is 9.31 Å². The van der Waals surface area contributed by atoms with Gasteiger partial charge in [0, 0.05) is 11.9 Å². The monoisotopic (exact) mass is 449 g/mol. The number of rotatable bonds is 4. The van der Waals surface area contributed by atoms with Gasteiger partial charge in [-0.05, 0) is 63.9 Å². The van der Waals surface area contributed by atoms with Crippen molar-refractivity contribution in [3.8, 4) is 0 Å². The number of amides is 1. The van der Waals surface area contributed by atoms with Gasteiger partial charge in [0.1, 0.15) is 11.3 Å². The molecule has 1 aliphatic carbocycles. The van der Waals surface area contributed by atoms with Gasteiger partial charge in [-0.1, -0.05) is 6.08 Å². The lowest BCUT2D eigenvalue weighted by atomic mass is 9.80. The number of nitrogens with one attached hydrogen (secondary N) is 1. The number of imidazole rings is 1. The molecule has 1 atom stereocenters. The molecule has 3 heterocycles. The standard InChI is InChI=1S/C21H23BF3N3O4/c1-19(2)20(3,4)32-22(31-19)13-8-9-28-16(12-26-17(28)10-13)18(29)27-14-6-5-7-15(11-14)30-21(23,24)25/h5-6,8-12,15H,7H2,1-4H3,(H,27,29). The van der Waals surface area contributed by atoms with Crippen molar-refractivity contribution in [3.05, 3.63) is 54.1 Å². The first-order chi connectivity index (χ1) is 14.8. The number of ether oxygens (including phenoxy) is 1. The molecule has 2 aromatic heterocycles. The van der Waals surface area contributed by atoms with Gasteiger partial charge in [-0.2, -0.15) is 0 Å². The van der Waals surface area contributed by atoms with Crippen molar-refractivity contribution in [2.75, 3.05) is 0 Å². The van der Waals surface area contributed by atoms with Crippen molar-refractivity contribution in [2.45, 2.75) is 57.8 Å². The van der Waals surface area contributed by atoms with Crippen molar-refractivity contribution < 1.29 is 32.0 Å². The molecule has 2 aromatic rings. The molecule has 0 aromatic carbocycles. The number of aromatic nitrogens is 2. The molecule has 1 amide bonds. The number of nitrogens with zero attached hydrogens (tertiary/aromatic N) is 2. The second kappa shape index (κ2) is 7.75. The Hall–Kier alpha value is -2.63. The predicted octanol–water partition coefficient (Wildman–Crippen LogP) is 3.11. The minimum atomic E-state index is -4.75. The SMILES string of the molecule is CC1(C)OB(c2ccn3c(C(=O)NC4=CC(OC(F)(F)F)CC=C4)cnc3c2)OC1(C)C. The van der Waals surface area contributed by atoms with Crippen molar-refractivity contribution in [3.63, 3.8) is 0 Å². The van der Waals surface area contributed by atoms with Gasteiger partial charge in [-0.25, -0.2) is 4.98 Å². The minimum absolute atomic E-state index is 0.0657. The Morgan fingerprint density at radius 3 is 2.62 bits per heavy atom. The van der Waals surface area contributed by atoms with Gasteiger partial charge < -0.3 is 14.6 Å². The number of carbonyl (C=O) groups excluding carboxylic acids is 1. The third-order valence-electron chi connectivity index (χ3n) is 5.87. The zero-order valence-corrected chi connectivity index (χ0v) is 18.1. The van der Waals surface area contributed by atoms with E-state index in [1.54, 1.807) is 22.7 Å². The third kappa shape index (κ3) is 4.46. The fourth-order valence-electron chi connectivity index (χ4n) is 3.48. The molecule has 1 N–H and O–H groups in total. The molecule has 2 aliphatic rings. The highest BCUT2D eigenvalue weighted by atomic mass is 19.4. The average Bonchev–Trinajstić information content (AvgIpc) is 3.18. The lowest BCUT2D eigenvalue weighted by molar-refractivity contribution is -0.336. The largest absolute Gasteiger partial charge is 0.523 e. The zero-order chi connectivity index (χ0) is 23.3. The molecule has 1 saturated heterocycles. The second-order valence-electron chi connectivity index (χ2n) is 8.74. The molecule has 1 aliphatic heterocycles. The molecule has 170 valence electrons. The Bertz CT molecular complexity index is 1090. The normalized spacial score (nSPS) is 22.3. The molecule has 0 radical (unpaired) electrons. The van der Waals surface area contributed by atoms with Crippen LogP contribution >= 0.6 is 0 Å². The highest BCUT2D eigenvalue weighted by Crippen LogP contribution is 2.36. The zero-order valence-electron chi connectivity index (χ0n) is 18.1. The lowest BCUT2D eigenvalue weighted by Gasteiger charge is -2.32. The van der Waals surface area contributed by atoms with Gasteiger partial charge in [0.25, 0.3) is 5.91 Å². The number of allylic oxidation sites excluding steroid dienone is 1. The van der Waals surface area contributed by atoms with Crippen LogP contribution in [0, 0.1) is 0 Å². The van der Waals surface area contributed by atoms with Crippen LogP contribution in [0.3, 0.4) is 0 Å². The van der Waals surface area contributed by atoms with E-state index in [2.05, 4.69) is 15.0 Å². The minimum Gasteiger partial charge on any atom is -0.399 e. The predicted molar refractivity (Wildman–Crippen MR) is 111 cm³/mol. The van der Waals surface area contributed by atoms with E-state index in [1.807, 2.05) is 27.7 Å². The molecule has 32 heavy (non-hydrogen) atoms. The van der Waals surface area contributed by atoms with Gasteiger partial charge >= 0.3 is 13.5 Å². The summed E-state index contributed by atoms with van der Waals surface area (Å²) in [6.07, 6.45) is 1.47. The Kier molecular flexibility index (Phi) is 5.47. The summed E-state index contributed by atoms with van der Waals surface area (Å²) >= 11 is 0. The number of carbonyl (C=O) groups is 1. The number of halogens is 3. The van der Waals surface area contributed by atoms with Gasteiger partial charge in [0.05, 0.1) is 23.5 Å². The Morgan fingerprint density at radius 1 is 1.28 bits per heavy atom. The smallest absolute Gasteiger partial charge is 0.399 e. The number of hydrogen-bond acceptors (Lipinski definition) is 5. The molecule has 1 unspecified atom stereocenters. The molecule has 7 nitrogen and oxygen atoms in total. The van der Waals surface area contributed by atoms with Crippen LogP contribution in [-0.4, -0.2) is 46.1 Å². The summed E-state index contributed by atoms with van der Waals surface area (Å²) in [6, 6.07) is 3.55. The van der Waals surface area contributed by atoms with Crippen LogP contribution in [0.2, 0.25) is 0 Å². The van der Waals surface area contributed by atoms with Crippen LogP contribution in [-0.2, 0) is 14.0 Å². The fraction of sp³-hybridized carbons (Fsp3) is 0.429. The topological polar surface area (TPSA) is 74.1 Å². The van der Waals surface area contributed by atoms with Gasteiger partial charge in [0.2, 0.25) is 0 Å². The van der Waals surface area contributed by atoms with Crippen LogP contribution in [0.4, 0.5) is 13.2 Å². The Labute approximate surface area is 183 Å². The maximum Gasteiger partial charge on any atom is 0.523 e. The fourth-order valence-corrected chi connectivity index (χ4v) is 3.48. The first-order valence-electron chi connectivity index (χ1n) is 10.1. The second-order valence-corrected chi connectivity index (χ2v) is 8.74. The number of pyridine rings is 1. The first kappa shape index (κ1) is 22.6. The van der Waals surface area contributed by atoms with Gasteiger partial charge in [0.15, 0.2) is 0 Å². The average molecular weight is 449 g/mol. The Balaban J connectivity index is 1.51. The highest BCUT2D eigenvalue weighted by Gasteiger charge is 2.51. The number of hydrogen-bond donors (Lipinski definition) is 1. The highest BCUT2D eigenvalue weighted by molar-refractivity contribution is 6.62. The van der Waals surface area contributed by atoms with Crippen molar-refractivity contribution in [2.24, 2.45) is 0 Å². The van der Waals surface area contributed by atoms with Crippen LogP contribution in [0.5, 0.6) is 0 Å². The van der Waals surface area contributed by atoms with E-state index >= 15 is 0 Å². The molecular formula is C21H23BF3N3O4. The van der Waals surface area contributed by atoms with E-state index in [0.29, 0.717) is 5.65 Å². The summed E-state index contributed by atoms with van der Waals surface area (Å²) < 4.78 is 55.1. The maximum atomic E-state index is 12.7. The van der Waals surface area contributed by atoms with Crippen molar-refractivity contribution in [1.29, 1.82) is 0 Å². The van der Waals surface area contributed by atoms with Crippen LogP contribution in [0.25, 0.3) is 5.65 Å². The van der Waals surface area contributed by atoms with E-state index in [1.165, 1.54) is 24.4 Å². The van der Waals surface area contributed by atoms with Crippen LogP contribution < -0.4 is 10.8 Å². The summed E-state index contributed by atoms with van der Waals surface area (Å²) in [5.74, 6) is -0.510. The Morgan fingerprint density at radius 2 is 1.97 bits per heavy atom. The van der Waals surface area contributed by atoms with Crippen molar-refractivity contribution >= 4 is 24.1 Å². The number of fused-ring (bicyclic) bond motifs is 1. The molecule has 1 fully saturated rings. The van der Waals surface area contributed by atoms with Crippen LogP contribution in [0.15, 0.2) is 48.5 Å². The molecule has 0 spiro atoms. The summed E-state index contributed by atoms with van der Waals surface area (Å²) in [5.41, 5.74) is 0.749. The quantitative estimate of drug-likeness (QED) is 0.727. The summed E-state index contributed by atoms with van der Waals surface area (Å²) in [4.78, 5) is 17.0. The summed E-state index contributed by atoms with van der Waals surface area (Å²) in [5, 5.41) is 2.60. The number of alkyl halides is 3. The van der Waals surface area contributed by atoms with E-state index < -0.39 is 36.7 Å². The maximum absolute atomic E-state index is 12.7. The molecule has 0 bridgehead atoms. The first-order valence-corrected chi connectivity index (χ1v) is 10.1. The molecule has 0 saturated carbocycles. The molecule has 11 heteroatoms. The van der Waals surface area contributed by atoms with E-state index in [9.17, 15) is 18.0 Å². The van der Waals surface area contributed by atoms with Gasteiger partial charge in [-0.3, -0.25) is 13.9 Å².